The number of aromatic nitrogens is 1. The van der Waals surface area contributed by atoms with Crippen molar-refractivity contribution in [2.45, 2.75) is 20.4 Å². The van der Waals surface area contributed by atoms with Crippen LogP contribution in [0.4, 0.5) is 0 Å². The van der Waals surface area contributed by atoms with Crippen LogP contribution < -0.4 is 9.47 Å². The molecule has 1 saturated heterocycles. The SMILES string of the molecule is COc1ccc(OC)c(CN2CCN(C(=O)c3sc(C)nc3C)CC2)c1. The highest BCUT2D eigenvalue weighted by molar-refractivity contribution is 7.13. The number of rotatable bonds is 5. The predicted molar refractivity (Wildman–Crippen MR) is 102 cm³/mol. The molecular formula is C19H25N3O3S. The van der Waals surface area contributed by atoms with Crippen LogP contribution in [0.2, 0.25) is 0 Å². The molecule has 1 amide bonds. The van der Waals surface area contributed by atoms with Gasteiger partial charge >= 0.3 is 0 Å². The molecule has 0 unspecified atom stereocenters. The van der Waals surface area contributed by atoms with Gasteiger partial charge in [-0.3, -0.25) is 9.69 Å². The molecule has 0 spiro atoms. The van der Waals surface area contributed by atoms with E-state index in [4.69, 9.17) is 9.47 Å². The summed E-state index contributed by atoms with van der Waals surface area (Å²) in [6.45, 7) is 7.74. The molecule has 1 aromatic heterocycles. The molecule has 0 saturated carbocycles. The highest BCUT2D eigenvalue weighted by Gasteiger charge is 2.25. The number of ether oxygens (including phenoxy) is 2. The predicted octanol–water partition coefficient (Wildman–Crippen LogP) is 2.74. The average Bonchev–Trinajstić information content (AvgIpc) is 2.99. The van der Waals surface area contributed by atoms with E-state index in [-0.39, 0.29) is 5.91 Å². The van der Waals surface area contributed by atoms with Crippen LogP contribution in [0.25, 0.3) is 0 Å². The van der Waals surface area contributed by atoms with Gasteiger partial charge in [-0.2, -0.15) is 0 Å². The van der Waals surface area contributed by atoms with E-state index >= 15 is 0 Å². The third-order valence-corrected chi connectivity index (χ3v) is 5.70. The molecule has 2 heterocycles. The minimum absolute atomic E-state index is 0.103. The fraction of sp³-hybridized carbons (Fsp3) is 0.474. The molecule has 0 radical (unpaired) electrons. The third-order valence-electron chi connectivity index (χ3n) is 4.64. The monoisotopic (exact) mass is 375 g/mol. The molecule has 0 bridgehead atoms. The number of aryl methyl sites for hydroxylation is 2. The van der Waals surface area contributed by atoms with Gasteiger partial charge in [-0.25, -0.2) is 4.98 Å². The van der Waals surface area contributed by atoms with E-state index in [1.807, 2.05) is 36.9 Å². The van der Waals surface area contributed by atoms with Crippen LogP contribution in [0.5, 0.6) is 11.5 Å². The van der Waals surface area contributed by atoms with Gasteiger partial charge in [0.1, 0.15) is 16.4 Å². The second-order valence-electron chi connectivity index (χ2n) is 6.39. The maximum Gasteiger partial charge on any atom is 0.265 e. The summed E-state index contributed by atoms with van der Waals surface area (Å²) in [4.78, 5) is 22.1. The number of methoxy groups -OCH3 is 2. The summed E-state index contributed by atoms with van der Waals surface area (Å²) in [5.41, 5.74) is 1.93. The topological polar surface area (TPSA) is 54.9 Å². The van der Waals surface area contributed by atoms with Gasteiger partial charge in [0, 0.05) is 38.3 Å². The summed E-state index contributed by atoms with van der Waals surface area (Å²) >= 11 is 1.48. The van der Waals surface area contributed by atoms with Crippen molar-refractivity contribution < 1.29 is 14.3 Å². The van der Waals surface area contributed by atoms with E-state index in [1.165, 1.54) is 11.3 Å². The Morgan fingerprint density at radius 3 is 2.46 bits per heavy atom. The summed E-state index contributed by atoms with van der Waals surface area (Å²) in [5, 5.41) is 0.939. The molecule has 0 atom stereocenters. The normalized spacial score (nSPS) is 15.2. The fourth-order valence-corrected chi connectivity index (χ4v) is 4.12. The number of amides is 1. The number of hydrogen-bond donors (Lipinski definition) is 0. The third kappa shape index (κ3) is 3.99. The lowest BCUT2D eigenvalue weighted by molar-refractivity contribution is 0.0631. The molecule has 0 N–H and O–H groups in total. The molecule has 7 heteroatoms. The Hall–Kier alpha value is -2.12. The Bertz CT molecular complexity index is 782. The van der Waals surface area contributed by atoms with Crippen LogP contribution in [-0.2, 0) is 6.54 Å². The summed E-state index contributed by atoms with van der Waals surface area (Å²) in [7, 11) is 3.35. The second-order valence-corrected chi connectivity index (χ2v) is 7.60. The molecule has 140 valence electrons. The second kappa shape index (κ2) is 8.05. The molecule has 1 aliphatic rings. The smallest absolute Gasteiger partial charge is 0.265 e. The number of thiazole rings is 1. The van der Waals surface area contributed by atoms with Crippen molar-refractivity contribution in [1.82, 2.24) is 14.8 Å². The molecular weight excluding hydrogens is 350 g/mol. The van der Waals surface area contributed by atoms with Crippen LogP contribution >= 0.6 is 11.3 Å². The zero-order chi connectivity index (χ0) is 18.7. The summed E-state index contributed by atoms with van der Waals surface area (Å²) in [6.07, 6.45) is 0. The fourth-order valence-electron chi connectivity index (χ4n) is 3.23. The first-order chi connectivity index (χ1) is 12.5. The Labute approximate surface area is 158 Å². The Balaban J connectivity index is 1.62. The molecule has 26 heavy (non-hydrogen) atoms. The molecule has 1 aliphatic heterocycles. The summed E-state index contributed by atoms with van der Waals surface area (Å²) in [6, 6.07) is 5.85. The van der Waals surface area contributed by atoms with Crippen LogP contribution in [0.15, 0.2) is 18.2 Å². The number of benzene rings is 1. The standard InChI is InChI=1S/C19H25N3O3S/c1-13-18(26-14(2)20-13)19(23)22-9-7-21(8-10-22)12-15-11-16(24-3)5-6-17(15)25-4/h5-6,11H,7-10,12H2,1-4H3. The van der Waals surface area contributed by atoms with E-state index in [0.717, 1.165) is 65.4 Å². The maximum atomic E-state index is 12.7. The van der Waals surface area contributed by atoms with Gasteiger partial charge < -0.3 is 14.4 Å². The van der Waals surface area contributed by atoms with Crippen molar-refractivity contribution in [1.29, 1.82) is 0 Å². The van der Waals surface area contributed by atoms with E-state index in [1.54, 1.807) is 14.2 Å². The first-order valence-electron chi connectivity index (χ1n) is 8.68. The van der Waals surface area contributed by atoms with Gasteiger partial charge in [-0.05, 0) is 32.0 Å². The van der Waals surface area contributed by atoms with Gasteiger partial charge in [-0.15, -0.1) is 11.3 Å². The first-order valence-corrected chi connectivity index (χ1v) is 9.50. The van der Waals surface area contributed by atoms with Crippen LogP contribution in [-0.4, -0.2) is 61.1 Å². The van der Waals surface area contributed by atoms with Crippen LogP contribution in [0.3, 0.4) is 0 Å². The summed E-state index contributed by atoms with van der Waals surface area (Å²) in [5.74, 6) is 1.79. The Kier molecular flexibility index (Phi) is 5.78. The number of piperazine rings is 1. The molecule has 1 fully saturated rings. The quantitative estimate of drug-likeness (QED) is 0.804. The van der Waals surface area contributed by atoms with E-state index in [2.05, 4.69) is 9.88 Å². The first kappa shape index (κ1) is 18.7. The van der Waals surface area contributed by atoms with Crippen molar-refractivity contribution in [3.05, 3.63) is 39.3 Å². The van der Waals surface area contributed by atoms with E-state index in [9.17, 15) is 4.79 Å². The van der Waals surface area contributed by atoms with E-state index in [0.29, 0.717) is 0 Å². The minimum Gasteiger partial charge on any atom is -0.497 e. The Morgan fingerprint density at radius 1 is 1.15 bits per heavy atom. The molecule has 2 aromatic rings. The zero-order valence-corrected chi connectivity index (χ0v) is 16.6. The van der Waals surface area contributed by atoms with Gasteiger partial charge in [0.15, 0.2) is 0 Å². The van der Waals surface area contributed by atoms with Crippen LogP contribution in [0.1, 0.15) is 25.9 Å². The lowest BCUT2D eigenvalue weighted by Gasteiger charge is -2.34. The maximum absolute atomic E-state index is 12.7. The number of carbonyl (C=O) groups excluding carboxylic acids is 1. The molecule has 1 aromatic carbocycles. The van der Waals surface area contributed by atoms with Gasteiger partial charge in [-0.1, -0.05) is 0 Å². The van der Waals surface area contributed by atoms with Gasteiger partial charge in [0.2, 0.25) is 0 Å². The van der Waals surface area contributed by atoms with Crippen molar-refractivity contribution in [2.24, 2.45) is 0 Å². The average molecular weight is 375 g/mol. The minimum atomic E-state index is 0.103. The van der Waals surface area contributed by atoms with Gasteiger partial charge in [0.25, 0.3) is 5.91 Å². The highest BCUT2D eigenvalue weighted by atomic mass is 32.1. The van der Waals surface area contributed by atoms with Crippen molar-refractivity contribution in [3.63, 3.8) is 0 Å². The van der Waals surface area contributed by atoms with Crippen molar-refractivity contribution in [2.75, 3.05) is 40.4 Å². The lowest BCUT2D eigenvalue weighted by atomic mass is 10.1. The van der Waals surface area contributed by atoms with Gasteiger partial charge in [0.05, 0.1) is 24.9 Å². The molecule has 6 nitrogen and oxygen atoms in total. The number of hydrogen-bond acceptors (Lipinski definition) is 6. The molecule has 0 aliphatic carbocycles. The lowest BCUT2D eigenvalue weighted by Crippen LogP contribution is -2.48. The molecule has 3 rings (SSSR count). The van der Waals surface area contributed by atoms with Crippen molar-refractivity contribution >= 4 is 17.2 Å². The van der Waals surface area contributed by atoms with Crippen molar-refractivity contribution in [3.8, 4) is 11.5 Å². The Morgan fingerprint density at radius 2 is 1.88 bits per heavy atom. The highest BCUT2D eigenvalue weighted by Crippen LogP contribution is 2.26. The number of carbonyl (C=O) groups is 1. The summed E-state index contributed by atoms with van der Waals surface area (Å²) < 4.78 is 10.8. The largest absolute Gasteiger partial charge is 0.497 e. The van der Waals surface area contributed by atoms with E-state index < -0.39 is 0 Å². The zero-order valence-electron chi connectivity index (χ0n) is 15.7. The van der Waals surface area contributed by atoms with Crippen LogP contribution in [0, 0.1) is 13.8 Å². The number of nitrogens with zero attached hydrogens (tertiary/aromatic N) is 3.